The third-order valence-corrected chi connectivity index (χ3v) is 3.02. The minimum Gasteiger partial charge on any atom is -0.372 e. The Labute approximate surface area is 95.8 Å². The molecular weight excluding hydrogens is 261 g/mol. The topological polar surface area (TPSA) is 33.0 Å². The molecule has 2 rings (SSSR count). The molecule has 2 atom stereocenters. The molecule has 4 heteroatoms. The molecule has 0 spiro atoms. The summed E-state index contributed by atoms with van der Waals surface area (Å²) in [6.45, 7) is 0.523. The zero-order valence-corrected chi connectivity index (χ0v) is 9.50. The number of halogens is 2. The van der Waals surface area contributed by atoms with Gasteiger partial charge in [0.15, 0.2) is 0 Å². The molecule has 0 radical (unpaired) electrons. The van der Waals surface area contributed by atoms with Crippen molar-refractivity contribution in [2.24, 2.45) is 5.92 Å². The van der Waals surface area contributed by atoms with Gasteiger partial charge in [0.05, 0.1) is 12.0 Å². The molecule has 15 heavy (non-hydrogen) atoms. The third-order valence-electron chi connectivity index (χ3n) is 2.52. The first kappa shape index (κ1) is 10.6. The Hall–Kier alpha value is -0.920. The molecule has 2 unspecified atom stereocenters. The molecule has 0 aliphatic carbocycles. The standard InChI is InChI=1S/C11H9BrFNO/c12-8-1-2-10(13)9(5-8)11-7(6-14)3-4-15-11/h1-2,5,7,11H,3-4H2. The van der Waals surface area contributed by atoms with Crippen LogP contribution in [0.5, 0.6) is 0 Å². The lowest BCUT2D eigenvalue weighted by atomic mass is 9.96. The van der Waals surface area contributed by atoms with Gasteiger partial charge >= 0.3 is 0 Å². The van der Waals surface area contributed by atoms with E-state index in [1.165, 1.54) is 6.07 Å². The molecule has 0 amide bonds. The lowest BCUT2D eigenvalue weighted by Gasteiger charge is -2.14. The molecule has 0 aromatic heterocycles. The summed E-state index contributed by atoms with van der Waals surface area (Å²) in [5, 5.41) is 8.89. The quantitative estimate of drug-likeness (QED) is 0.785. The second-order valence-electron chi connectivity index (χ2n) is 3.48. The van der Waals surface area contributed by atoms with E-state index in [2.05, 4.69) is 22.0 Å². The molecule has 78 valence electrons. The lowest BCUT2D eigenvalue weighted by Crippen LogP contribution is -2.07. The average Bonchev–Trinajstić information content (AvgIpc) is 2.69. The van der Waals surface area contributed by atoms with E-state index in [-0.39, 0.29) is 11.7 Å². The maximum atomic E-state index is 13.5. The summed E-state index contributed by atoms with van der Waals surface area (Å²) >= 11 is 3.28. The summed E-state index contributed by atoms with van der Waals surface area (Å²) in [6.07, 6.45) is 0.250. The van der Waals surface area contributed by atoms with Crippen LogP contribution in [-0.2, 0) is 4.74 Å². The summed E-state index contributed by atoms with van der Waals surface area (Å²) in [5.41, 5.74) is 0.466. The molecular formula is C11H9BrFNO. The van der Waals surface area contributed by atoms with Gasteiger partial charge in [0.2, 0.25) is 0 Å². The molecule has 0 bridgehead atoms. The van der Waals surface area contributed by atoms with E-state index < -0.39 is 6.10 Å². The van der Waals surface area contributed by atoms with Crippen LogP contribution in [-0.4, -0.2) is 6.61 Å². The van der Waals surface area contributed by atoms with Crippen molar-refractivity contribution in [2.75, 3.05) is 6.61 Å². The molecule has 1 fully saturated rings. The van der Waals surface area contributed by atoms with Crippen molar-refractivity contribution in [1.29, 1.82) is 5.26 Å². The highest BCUT2D eigenvalue weighted by Gasteiger charge is 2.31. The maximum Gasteiger partial charge on any atom is 0.129 e. The molecule has 1 aromatic carbocycles. The van der Waals surface area contributed by atoms with E-state index in [1.54, 1.807) is 12.1 Å². The van der Waals surface area contributed by atoms with E-state index in [4.69, 9.17) is 10.00 Å². The van der Waals surface area contributed by atoms with Crippen molar-refractivity contribution in [3.05, 3.63) is 34.1 Å². The van der Waals surface area contributed by atoms with Crippen molar-refractivity contribution in [2.45, 2.75) is 12.5 Å². The second kappa shape index (κ2) is 4.30. The minimum atomic E-state index is -0.424. The first-order valence-corrected chi connectivity index (χ1v) is 5.48. The summed E-state index contributed by atoms with van der Waals surface area (Å²) in [5.74, 6) is -0.556. The van der Waals surface area contributed by atoms with Crippen LogP contribution in [0.2, 0.25) is 0 Å². The largest absolute Gasteiger partial charge is 0.372 e. The van der Waals surface area contributed by atoms with Gasteiger partial charge in [-0.2, -0.15) is 5.26 Å². The predicted octanol–water partition coefficient (Wildman–Crippen LogP) is 3.19. The summed E-state index contributed by atoms with van der Waals surface area (Å²) in [4.78, 5) is 0. The van der Waals surface area contributed by atoms with Gasteiger partial charge in [0.1, 0.15) is 11.9 Å². The van der Waals surface area contributed by atoms with E-state index >= 15 is 0 Å². The Morgan fingerprint density at radius 3 is 3.07 bits per heavy atom. The van der Waals surface area contributed by atoms with Crippen molar-refractivity contribution >= 4 is 15.9 Å². The summed E-state index contributed by atoms with van der Waals surface area (Å²) in [6, 6.07) is 6.85. The smallest absolute Gasteiger partial charge is 0.129 e. The number of benzene rings is 1. The van der Waals surface area contributed by atoms with E-state index in [9.17, 15) is 4.39 Å². The lowest BCUT2D eigenvalue weighted by molar-refractivity contribution is 0.0976. The zero-order valence-electron chi connectivity index (χ0n) is 7.91. The number of rotatable bonds is 1. The highest BCUT2D eigenvalue weighted by atomic mass is 79.9. The summed E-state index contributed by atoms with van der Waals surface area (Å²) in [7, 11) is 0. The molecule has 1 aromatic rings. The Balaban J connectivity index is 2.36. The van der Waals surface area contributed by atoms with E-state index in [0.29, 0.717) is 18.6 Å². The van der Waals surface area contributed by atoms with Gasteiger partial charge in [-0.1, -0.05) is 15.9 Å². The first-order chi connectivity index (χ1) is 7.22. The number of nitrogens with zero attached hydrogens (tertiary/aromatic N) is 1. The van der Waals surface area contributed by atoms with Gasteiger partial charge in [-0.05, 0) is 24.6 Å². The van der Waals surface area contributed by atoms with E-state index in [1.807, 2.05) is 0 Å². The number of hydrogen-bond acceptors (Lipinski definition) is 2. The van der Waals surface area contributed by atoms with Crippen LogP contribution in [0.4, 0.5) is 4.39 Å². The number of nitriles is 1. The van der Waals surface area contributed by atoms with Gasteiger partial charge in [0.25, 0.3) is 0 Å². The fourth-order valence-corrected chi connectivity index (χ4v) is 2.14. The minimum absolute atomic E-state index is 0.242. The molecule has 2 nitrogen and oxygen atoms in total. The molecule has 1 heterocycles. The fourth-order valence-electron chi connectivity index (χ4n) is 1.76. The van der Waals surface area contributed by atoms with Crippen LogP contribution in [0, 0.1) is 23.1 Å². The second-order valence-corrected chi connectivity index (χ2v) is 4.40. The Kier molecular flexibility index (Phi) is 3.03. The summed E-state index contributed by atoms with van der Waals surface area (Å²) < 4.78 is 19.7. The van der Waals surface area contributed by atoms with Crippen molar-refractivity contribution in [1.82, 2.24) is 0 Å². The zero-order chi connectivity index (χ0) is 10.8. The van der Waals surface area contributed by atoms with Gasteiger partial charge in [0, 0.05) is 16.6 Å². The van der Waals surface area contributed by atoms with Crippen LogP contribution in [0.25, 0.3) is 0 Å². The monoisotopic (exact) mass is 269 g/mol. The molecule has 1 aliphatic rings. The average molecular weight is 270 g/mol. The molecule has 1 aliphatic heterocycles. The number of ether oxygens (including phenoxy) is 1. The van der Waals surface area contributed by atoms with Crippen LogP contribution in [0.1, 0.15) is 18.1 Å². The van der Waals surface area contributed by atoms with Gasteiger partial charge < -0.3 is 4.74 Å². The van der Waals surface area contributed by atoms with Crippen LogP contribution < -0.4 is 0 Å². The van der Waals surface area contributed by atoms with Crippen LogP contribution >= 0.6 is 15.9 Å². The van der Waals surface area contributed by atoms with Crippen molar-refractivity contribution in [3.63, 3.8) is 0 Å². The third kappa shape index (κ3) is 2.04. The Bertz CT molecular complexity index is 416. The molecule has 0 saturated carbocycles. The van der Waals surface area contributed by atoms with Gasteiger partial charge in [-0.15, -0.1) is 0 Å². The highest BCUT2D eigenvalue weighted by Crippen LogP contribution is 2.36. The van der Waals surface area contributed by atoms with Crippen LogP contribution in [0.15, 0.2) is 22.7 Å². The Morgan fingerprint density at radius 1 is 1.53 bits per heavy atom. The van der Waals surface area contributed by atoms with Gasteiger partial charge in [-0.3, -0.25) is 0 Å². The highest BCUT2D eigenvalue weighted by molar-refractivity contribution is 9.10. The first-order valence-electron chi connectivity index (χ1n) is 4.68. The maximum absolute atomic E-state index is 13.5. The SMILES string of the molecule is N#CC1CCOC1c1cc(Br)ccc1F. The normalized spacial score (nSPS) is 25.1. The van der Waals surface area contributed by atoms with E-state index in [0.717, 1.165) is 4.47 Å². The Morgan fingerprint density at radius 2 is 2.33 bits per heavy atom. The fraction of sp³-hybridized carbons (Fsp3) is 0.364. The van der Waals surface area contributed by atoms with Crippen LogP contribution in [0.3, 0.4) is 0 Å². The van der Waals surface area contributed by atoms with Crippen molar-refractivity contribution in [3.8, 4) is 6.07 Å². The molecule has 0 N–H and O–H groups in total. The number of hydrogen-bond donors (Lipinski definition) is 0. The van der Waals surface area contributed by atoms with Crippen molar-refractivity contribution < 1.29 is 9.13 Å². The predicted molar refractivity (Wildman–Crippen MR) is 56.5 cm³/mol. The van der Waals surface area contributed by atoms with Gasteiger partial charge in [-0.25, -0.2) is 4.39 Å². The molecule has 1 saturated heterocycles.